The van der Waals surface area contributed by atoms with Gasteiger partial charge in [0.2, 0.25) is 0 Å². The van der Waals surface area contributed by atoms with Crippen LogP contribution in [0.2, 0.25) is 0 Å². The van der Waals surface area contributed by atoms with E-state index in [4.69, 9.17) is 5.11 Å². The van der Waals surface area contributed by atoms with Crippen LogP contribution in [0.5, 0.6) is 5.75 Å². The second-order valence-electron chi connectivity index (χ2n) is 3.69. The third kappa shape index (κ3) is 2.48. The topological polar surface area (TPSA) is 40.5 Å². The smallest absolute Gasteiger partial charge is 0.124 e. The normalized spacial score (nSPS) is 10.5. The Labute approximate surface area is 85.2 Å². The van der Waals surface area contributed by atoms with Crippen LogP contribution in [-0.2, 0) is 13.0 Å². The molecule has 0 aliphatic heterocycles. The van der Waals surface area contributed by atoms with E-state index < -0.39 is 0 Å². The summed E-state index contributed by atoms with van der Waals surface area (Å²) in [7, 11) is 0. The first-order valence-corrected chi connectivity index (χ1v) is 5.11. The molecule has 0 heterocycles. The highest BCUT2D eigenvalue weighted by Crippen LogP contribution is 2.25. The van der Waals surface area contributed by atoms with Gasteiger partial charge in [-0.1, -0.05) is 31.0 Å². The van der Waals surface area contributed by atoms with Crippen molar-refractivity contribution < 1.29 is 10.2 Å². The van der Waals surface area contributed by atoms with Crippen molar-refractivity contribution >= 4 is 0 Å². The monoisotopic (exact) mass is 194 g/mol. The lowest BCUT2D eigenvalue weighted by Crippen LogP contribution is -1.93. The van der Waals surface area contributed by atoms with E-state index in [2.05, 4.69) is 6.92 Å². The van der Waals surface area contributed by atoms with Crippen molar-refractivity contribution in [2.45, 2.75) is 39.7 Å². The first kappa shape index (κ1) is 11.1. The molecular weight excluding hydrogens is 176 g/mol. The summed E-state index contributed by atoms with van der Waals surface area (Å²) >= 11 is 0. The number of aliphatic hydroxyl groups excluding tert-OH is 1. The molecule has 0 fully saturated rings. The number of unbranched alkanes of at least 4 members (excludes halogenated alkanes) is 1. The van der Waals surface area contributed by atoms with Crippen LogP contribution in [0.25, 0.3) is 0 Å². The summed E-state index contributed by atoms with van der Waals surface area (Å²) < 4.78 is 0. The number of hydrogen-bond acceptors (Lipinski definition) is 2. The zero-order valence-corrected chi connectivity index (χ0v) is 8.88. The van der Waals surface area contributed by atoms with E-state index in [-0.39, 0.29) is 12.4 Å². The van der Waals surface area contributed by atoms with Gasteiger partial charge >= 0.3 is 0 Å². The number of benzene rings is 1. The van der Waals surface area contributed by atoms with Gasteiger partial charge in [0.25, 0.3) is 0 Å². The molecule has 0 bridgehead atoms. The lowest BCUT2D eigenvalue weighted by molar-refractivity contribution is 0.275. The van der Waals surface area contributed by atoms with Gasteiger partial charge in [-0.05, 0) is 25.3 Å². The molecule has 14 heavy (non-hydrogen) atoms. The van der Waals surface area contributed by atoms with Crippen molar-refractivity contribution in [2.24, 2.45) is 0 Å². The minimum absolute atomic E-state index is 0.0906. The van der Waals surface area contributed by atoms with Gasteiger partial charge in [0.15, 0.2) is 0 Å². The SMILES string of the molecule is CCCCc1cc(C)cc(CO)c1O. The molecule has 1 aromatic carbocycles. The third-order valence-corrected chi connectivity index (χ3v) is 2.38. The highest BCUT2D eigenvalue weighted by atomic mass is 16.3. The van der Waals surface area contributed by atoms with Gasteiger partial charge in [-0.25, -0.2) is 0 Å². The molecule has 0 saturated heterocycles. The lowest BCUT2D eigenvalue weighted by Gasteiger charge is -2.09. The van der Waals surface area contributed by atoms with E-state index in [1.165, 1.54) is 0 Å². The molecule has 2 nitrogen and oxygen atoms in total. The molecule has 1 rings (SSSR count). The standard InChI is InChI=1S/C12H18O2/c1-3-4-5-10-6-9(2)7-11(8-13)12(10)14/h6-7,13-14H,3-5,8H2,1-2H3. The van der Waals surface area contributed by atoms with Crippen molar-refractivity contribution in [1.82, 2.24) is 0 Å². The number of rotatable bonds is 4. The van der Waals surface area contributed by atoms with Crippen molar-refractivity contribution in [3.63, 3.8) is 0 Å². The molecule has 78 valence electrons. The van der Waals surface area contributed by atoms with Crippen LogP contribution in [0.15, 0.2) is 12.1 Å². The van der Waals surface area contributed by atoms with Gasteiger partial charge in [-0.2, -0.15) is 0 Å². The summed E-state index contributed by atoms with van der Waals surface area (Å²) in [6.45, 7) is 4.01. The quantitative estimate of drug-likeness (QED) is 0.773. The van der Waals surface area contributed by atoms with Crippen molar-refractivity contribution in [3.05, 3.63) is 28.8 Å². The van der Waals surface area contributed by atoms with Crippen LogP contribution >= 0.6 is 0 Å². The Bertz CT molecular complexity index is 305. The Morgan fingerprint density at radius 2 is 1.86 bits per heavy atom. The maximum Gasteiger partial charge on any atom is 0.124 e. The van der Waals surface area contributed by atoms with E-state index in [0.717, 1.165) is 30.4 Å². The Morgan fingerprint density at radius 3 is 2.43 bits per heavy atom. The zero-order valence-electron chi connectivity index (χ0n) is 8.88. The van der Waals surface area contributed by atoms with Crippen molar-refractivity contribution in [3.8, 4) is 5.75 Å². The lowest BCUT2D eigenvalue weighted by atomic mass is 10.0. The highest BCUT2D eigenvalue weighted by Gasteiger charge is 2.07. The largest absolute Gasteiger partial charge is 0.507 e. The van der Waals surface area contributed by atoms with Gasteiger partial charge in [0, 0.05) is 5.56 Å². The Kier molecular flexibility index (Phi) is 3.96. The first-order valence-electron chi connectivity index (χ1n) is 5.11. The van der Waals surface area contributed by atoms with Crippen LogP contribution < -0.4 is 0 Å². The van der Waals surface area contributed by atoms with Crippen LogP contribution in [0, 0.1) is 6.92 Å². The molecule has 1 aromatic rings. The van der Waals surface area contributed by atoms with E-state index in [9.17, 15) is 5.11 Å². The molecule has 0 atom stereocenters. The van der Waals surface area contributed by atoms with Crippen molar-refractivity contribution in [2.75, 3.05) is 0 Å². The van der Waals surface area contributed by atoms with Crippen LogP contribution in [-0.4, -0.2) is 10.2 Å². The minimum Gasteiger partial charge on any atom is -0.507 e. The maximum absolute atomic E-state index is 9.78. The fourth-order valence-corrected chi connectivity index (χ4v) is 1.61. The van der Waals surface area contributed by atoms with Gasteiger partial charge in [0.1, 0.15) is 5.75 Å². The Hall–Kier alpha value is -1.02. The van der Waals surface area contributed by atoms with Crippen LogP contribution in [0.1, 0.15) is 36.5 Å². The van der Waals surface area contributed by atoms with Gasteiger partial charge in [-0.15, -0.1) is 0 Å². The Morgan fingerprint density at radius 1 is 1.21 bits per heavy atom. The van der Waals surface area contributed by atoms with Crippen LogP contribution in [0.3, 0.4) is 0 Å². The fraction of sp³-hybridized carbons (Fsp3) is 0.500. The van der Waals surface area contributed by atoms with Crippen molar-refractivity contribution in [1.29, 1.82) is 0 Å². The molecule has 2 N–H and O–H groups in total. The zero-order chi connectivity index (χ0) is 10.6. The summed E-state index contributed by atoms with van der Waals surface area (Å²) in [6.07, 6.45) is 3.07. The molecule has 0 saturated carbocycles. The van der Waals surface area contributed by atoms with Gasteiger partial charge < -0.3 is 10.2 Å². The second-order valence-corrected chi connectivity index (χ2v) is 3.69. The highest BCUT2D eigenvalue weighted by molar-refractivity contribution is 5.43. The summed E-state index contributed by atoms with van der Waals surface area (Å²) in [4.78, 5) is 0. The third-order valence-electron chi connectivity index (χ3n) is 2.38. The molecule has 0 amide bonds. The number of aliphatic hydroxyl groups is 1. The first-order chi connectivity index (χ1) is 6.69. The summed E-state index contributed by atoms with van der Waals surface area (Å²) in [5.74, 6) is 0.270. The number of phenols is 1. The summed E-state index contributed by atoms with van der Waals surface area (Å²) in [5, 5.41) is 18.8. The van der Waals surface area contributed by atoms with E-state index in [0.29, 0.717) is 5.56 Å². The summed E-state index contributed by atoms with van der Waals surface area (Å²) in [6, 6.07) is 3.81. The molecule has 0 spiro atoms. The molecule has 2 heteroatoms. The fourth-order valence-electron chi connectivity index (χ4n) is 1.61. The van der Waals surface area contributed by atoms with Gasteiger partial charge in [0.05, 0.1) is 6.61 Å². The molecule has 0 aromatic heterocycles. The molecular formula is C12H18O2. The predicted molar refractivity (Wildman–Crippen MR) is 57.4 cm³/mol. The number of aryl methyl sites for hydroxylation is 2. The minimum atomic E-state index is -0.0906. The number of hydrogen-bond donors (Lipinski definition) is 2. The summed E-state index contributed by atoms with van der Waals surface area (Å²) in [5.41, 5.74) is 2.69. The second kappa shape index (κ2) is 5.01. The van der Waals surface area contributed by atoms with Crippen LogP contribution in [0.4, 0.5) is 0 Å². The average molecular weight is 194 g/mol. The number of aromatic hydroxyl groups is 1. The Balaban J connectivity index is 2.96. The maximum atomic E-state index is 9.78. The molecule has 0 unspecified atom stereocenters. The molecule has 0 radical (unpaired) electrons. The van der Waals surface area contributed by atoms with E-state index in [1.54, 1.807) is 0 Å². The van der Waals surface area contributed by atoms with E-state index in [1.807, 2.05) is 19.1 Å². The average Bonchev–Trinajstić information content (AvgIpc) is 2.18. The molecule has 0 aliphatic rings. The predicted octanol–water partition coefficient (Wildman–Crippen LogP) is 2.54. The van der Waals surface area contributed by atoms with Gasteiger partial charge in [-0.3, -0.25) is 0 Å². The molecule has 0 aliphatic carbocycles. The van der Waals surface area contributed by atoms with E-state index >= 15 is 0 Å².